The van der Waals surface area contributed by atoms with Gasteiger partial charge in [-0.2, -0.15) is 0 Å². The smallest absolute Gasteiger partial charge is 0.141 e. The summed E-state index contributed by atoms with van der Waals surface area (Å²) in [5, 5.41) is 0. The van der Waals surface area contributed by atoms with Crippen LogP contribution in [0.5, 0.6) is 5.75 Å². The van der Waals surface area contributed by atoms with E-state index >= 15 is 0 Å². The summed E-state index contributed by atoms with van der Waals surface area (Å²) in [5.74, 6) is 0.818. The van der Waals surface area contributed by atoms with Crippen molar-refractivity contribution in [2.45, 2.75) is 26.7 Å². The van der Waals surface area contributed by atoms with Gasteiger partial charge < -0.3 is 10.5 Å². The fraction of sp³-hybridized carbons (Fsp3) is 0.385. The van der Waals surface area contributed by atoms with E-state index in [0.29, 0.717) is 0 Å². The number of nitrogen functional groups attached to an aromatic ring is 1. The molecular weight excluding hydrogens is 214 g/mol. The first-order chi connectivity index (χ1) is 7.77. The topological polar surface area (TPSA) is 35.2 Å². The molecule has 0 aromatic heterocycles. The first kappa shape index (κ1) is 12.8. The molecule has 2 nitrogen and oxygen atoms in total. The number of hydrogen-bond donors (Lipinski definition) is 1. The predicted molar refractivity (Wildman–Crippen MR) is 73.6 cm³/mol. The number of rotatable bonds is 6. The molecule has 0 amide bonds. The summed E-state index contributed by atoms with van der Waals surface area (Å²) in [6.45, 7) is 4.42. The molecule has 0 aliphatic rings. The molecule has 1 rings (SSSR count). The van der Waals surface area contributed by atoms with Crippen LogP contribution in [0.4, 0.5) is 5.69 Å². The first-order valence-corrected chi connectivity index (χ1v) is 7.74. The third-order valence-electron chi connectivity index (χ3n) is 2.64. The Hall–Kier alpha value is -1.22. The molecule has 2 N–H and O–H groups in total. The van der Waals surface area contributed by atoms with Crippen LogP contribution in [-0.4, -0.2) is 15.7 Å². The molecule has 0 aliphatic carbocycles. The summed E-state index contributed by atoms with van der Waals surface area (Å²) in [6, 6.07) is 7.67. The average molecular weight is 235 g/mol. The van der Waals surface area contributed by atoms with Gasteiger partial charge in [0.05, 0.1) is 21.4 Å². The van der Waals surface area contributed by atoms with E-state index in [2.05, 4.69) is 19.5 Å². The number of nitrogens with two attached hydrogens (primary N) is 1. The van der Waals surface area contributed by atoms with Gasteiger partial charge in [0.2, 0.25) is 0 Å². The maximum absolute atomic E-state index is 5.79. The monoisotopic (exact) mass is 235 g/mol. The van der Waals surface area contributed by atoms with Crippen molar-refractivity contribution in [3.05, 3.63) is 35.5 Å². The molecule has 1 aromatic rings. The fourth-order valence-corrected chi connectivity index (χ4v) is 3.02. The lowest BCUT2D eigenvalue weighted by atomic mass is 10.2. The SMILES string of the molecule is CCC(=C[SiH2]COc1ccccc1N)CC. The minimum atomic E-state index is -0.258. The number of hydrogen-bond acceptors (Lipinski definition) is 2. The Bertz CT molecular complexity index is 344. The third-order valence-corrected chi connectivity index (χ3v) is 3.94. The number of anilines is 1. The number of para-hydroxylation sites is 2. The van der Waals surface area contributed by atoms with Gasteiger partial charge in [0.1, 0.15) is 5.75 Å². The second-order valence-electron chi connectivity index (χ2n) is 3.74. The standard InChI is InChI=1S/C13H21NOSi/c1-3-11(4-2)9-16-10-15-13-8-6-5-7-12(13)14/h5-9H,3-4,10,14,16H2,1-2H3. The molecule has 0 heterocycles. The lowest BCUT2D eigenvalue weighted by Crippen LogP contribution is -2.06. The maximum Gasteiger partial charge on any atom is 0.141 e. The summed E-state index contributed by atoms with van der Waals surface area (Å²) in [7, 11) is -0.258. The highest BCUT2D eigenvalue weighted by Crippen LogP contribution is 2.19. The van der Waals surface area contributed by atoms with Gasteiger partial charge in [-0.05, 0) is 25.0 Å². The van der Waals surface area contributed by atoms with Gasteiger partial charge in [0, 0.05) is 0 Å². The molecule has 0 aliphatic heterocycles. The lowest BCUT2D eigenvalue weighted by Gasteiger charge is -2.07. The summed E-state index contributed by atoms with van der Waals surface area (Å²) in [4.78, 5) is 0. The first-order valence-electron chi connectivity index (χ1n) is 5.93. The zero-order valence-electron chi connectivity index (χ0n) is 10.2. The summed E-state index contributed by atoms with van der Waals surface area (Å²) >= 11 is 0. The molecule has 3 heteroatoms. The van der Waals surface area contributed by atoms with Crippen molar-refractivity contribution < 1.29 is 4.74 Å². The minimum Gasteiger partial charge on any atom is -0.495 e. The van der Waals surface area contributed by atoms with Gasteiger partial charge in [-0.1, -0.05) is 37.3 Å². The van der Waals surface area contributed by atoms with Gasteiger partial charge in [0.15, 0.2) is 0 Å². The van der Waals surface area contributed by atoms with Crippen molar-refractivity contribution >= 4 is 15.2 Å². The van der Waals surface area contributed by atoms with Crippen molar-refractivity contribution in [3.63, 3.8) is 0 Å². The largest absolute Gasteiger partial charge is 0.495 e. The van der Waals surface area contributed by atoms with Crippen LogP contribution in [0.25, 0.3) is 0 Å². The van der Waals surface area contributed by atoms with Crippen molar-refractivity contribution in [2.75, 3.05) is 12.0 Å². The van der Waals surface area contributed by atoms with E-state index in [1.807, 2.05) is 24.3 Å². The van der Waals surface area contributed by atoms with E-state index < -0.39 is 0 Å². The molecule has 0 radical (unpaired) electrons. The second-order valence-corrected chi connectivity index (χ2v) is 5.14. The van der Waals surface area contributed by atoms with Crippen LogP contribution in [0.3, 0.4) is 0 Å². The molecular formula is C13H21NOSi. The van der Waals surface area contributed by atoms with E-state index in [1.54, 1.807) is 5.57 Å². The Morgan fingerprint density at radius 1 is 1.31 bits per heavy atom. The predicted octanol–water partition coefficient (Wildman–Crippen LogP) is 2.48. The van der Waals surface area contributed by atoms with Crippen molar-refractivity contribution in [2.24, 2.45) is 0 Å². The van der Waals surface area contributed by atoms with Gasteiger partial charge >= 0.3 is 0 Å². The summed E-state index contributed by atoms with van der Waals surface area (Å²) in [6.07, 6.45) is 3.16. The van der Waals surface area contributed by atoms with Gasteiger partial charge in [-0.3, -0.25) is 0 Å². The van der Waals surface area contributed by atoms with Gasteiger partial charge in [-0.15, -0.1) is 0 Å². The van der Waals surface area contributed by atoms with E-state index in [-0.39, 0.29) is 9.52 Å². The zero-order valence-corrected chi connectivity index (χ0v) is 11.6. The van der Waals surface area contributed by atoms with Crippen LogP contribution in [0, 0.1) is 0 Å². The van der Waals surface area contributed by atoms with Crippen LogP contribution in [0.15, 0.2) is 35.5 Å². The molecule has 0 bridgehead atoms. The summed E-state index contributed by atoms with van der Waals surface area (Å²) in [5.41, 5.74) is 10.5. The average Bonchev–Trinajstić information content (AvgIpc) is 2.31. The Kier molecular flexibility index (Phi) is 5.71. The third kappa shape index (κ3) is 4.11. The molecule has 0 fully saturated rings. The molecule has 0 saturated heterocycles. The molecule has 16 heavy (non-hydrogen) atoms. The van der Waals surface area contributed by atoms with E-state index in [0.717, 1.165) is 30.5 Å². The maximum atomic E-state index is 5.79. The van der Waals surface area contributed by atoms with Crippen LogP contribution >= 0.6 is 0 Å². The van der Waals surface area contributed by atoms with E-state index in [4.69, 9.17) is 10.5 Å². The summed E-state index contributed by atoms with van der Waals surface area (Å²) < 4.78 is 5.67. The van der Waals surface area contributed by atoms with E-state index in [9.17, 15) is 0 Å². The van der Waals surface area contributed by atoms with Crippen LogP contribution < -0.4 is 10.5 Å². The molecule has 0 saturated carbocycles. The highest BCUT2D eigenvalue weighted by molar-refractivity contribution is 6.42. The van der Waals surface area contributed by atoms with Crippen LogP contribution in [-0.2, 0) is 0 Å². The van der Waals surface area contributed by atoms with Gasteiger partial charge in [0.25, 0.3) is 0 Å². The Morgan fingerprint density at radius 3 is 2.62 bits per heavy atom. The fourth-order valence-electron chi connectivity index (χ4n) is 1.58. The highest BCUT2D eigenvalue weighted by atomic mass is 28.2. The van der Waals surface area contributed by atoms with Gasteiger partial charge in [-0.25, -0.2) is 0 Å². The normalized spacial score (nSPS) is 10.6. The number of benzene rings is 1. The molecule has 0 unspecified atom stereocenters. The van der Waals surface area contributed by atoms with Crippen molar-refractivity contribution in [3.8, 4) is 5.75 Å². The molecule has 1 aromatic carbocycles. The number of allylic oxidation sites excluding steroid dienone is 1. The highest BCUT2D eigenvalue weighted by Gasteiger charge is 1.97. The van der Waals surface area contributed by atoms with Crippen molar-refractivity contribution in [1.29, 1.82) is 0 Å². The lowest BCUT2D eigenvalue weighted by molar-refractivity contribution is 0.387. The Balaban J connectivity index is 2.36. The van der Waals surface area contributed by atoms with Crippen molar-refractivity contribution in [1.82, 2.24) is 0 Å². The minimum absolute atomic E-state index is 0.258. The number of ether oxygens (including phenoxy) is 1. The van der Waals surface area contributed by atoms with E-state index in [1.165, 1.54) is 0 Å². The molecule has 0 spiro atoms. The quantitative estimate of drug-likeness (QED) is 0.467. The second kappa shape index (κ2) is 7.12. The van der Waals surface area contributed by atoms with Crippen LogP contribution in [0.2, 0.25) is 0 Å². The molecule has 88 valence electrons. The van der Waals surface area contributed by atoms with Crippen LogP contribution in [0.1, 0.15) is 26.7 Å². The Labute approximate surface area is 100 Å². The Morgan fingerprint density at radius 2 is 2.00 bits per heavy atom. The zero-order chi connectivity index (χ0) is 11.8. The molecule has 0 atom stereocenters.